The van der Waals surface area contributed by atoms with Gasteiger partial charge in [-0.25, -0.2) is 0 Å². The molecule has 6 aliphatic rings. The lowest BCUT2D eigenvalue weighted by molar-refractivity contribution is -0.176. The van der Waals surface area contributed by atoms with Crippen molar-refractivity contribution < 1.29 is 15.0 Å². The van der Waals surface area contributed by atoms with E-state index in [9.17, 15) is 15.0 Å². The van der Waals surface area contributed by atoms with Crippen molar-refractivity contribution in [1.29, 1.82) is 0 Å². The molecule has 4 nitrogen and oxygen atoms in total. The van der Waals surface area contributed by atoms with Gasteiger partial charge in [-0.3, -0.25) is 9.69 Å². The molecule has 2 saturated heterocycles. The Bertz CT molecular complexity index is 751. The van der Waals surface area contributed by atoms with Crippen molar-refractivity contribution >= 4 is 5.78 Å². The number of hydrogen-bond donors (Lipinski definition) is 2. The van der Waals surface area contributed by atoms with Crippen molar-refractivity contribution in [3.8, 4) is 0 Å². The summed E-state index contributed by atoms with van der Waals surface area (Å²) in [6.45, 7) is 9.27. The van der Waals surface area contributed by atoms with Gasteiger partial charge >= 0.3 is 0 Å². The fourth-order valence-corrected chi connectivity index (χ4v) is 10.4. The molecule has 0 radical (unpaired) electrons. The van der Waals surface area contributed by atoms with Crippen molar-refractivity contribution in [2.75, 3.05) is 13.1 Å². The second kappa shape index (κ2) is 7.03. The fraction of sp³-hybridized carbons (Fsp3) is 0.963. The van der Waals surface area contributed by atoms with Crippen LogP contribution in [0.1, 0.15) is 78.6 Å². The second-order valence-corrected chi connectivity index (χ2v) is 13.2. The normalized spacial score (nSPS) is 59.2. The molecule has 174 valence electrons. The molecule has 6 fully saturated rings. The first-order chi connectivity index (χ1) is 14.7. The molecule has 2 N–H and O–H groups in total. The molecule has 31 heavy (non-hydrogen) atoms. The zero-order chi connectivity index (χ0) is 21.7. The molecule has 0 aromatic rings. The van der Waals surface area contributed by atoms with Crippen LogP contribution in [-0.4, -0.2) is 51.7 Å². The number of hydrogen-bond acceptors (Lipinski definition) is 4. The van der Waals surface area contributed by atoms with Gasteiger partial charge in [0.2, 0.25) is 0 Å². The zero-order valence-electron chi connectivity index (χ0n) is 19.8. The van der Waals surface area contributed by atoms with Gasteiger partial charge in [0.1, 0.15) is 5.78 Å². The predicted octanol–water partition coefficient (Wildman–Crippen LogP) is 3.89. The summed E-state index contributed by atoms with van der Waals surface area (Å²) in [5.41, 5.74) is -0.437. The van der Waals surface area contributed by atoms with Crippen LogP contribution in [0.4, 0.5) is 0 Å². The number of carbonyl (C=O) groups is 1. The van der Waals surface area contributed by atoms with E-state index in [0.29, 0.717) is 60.2 Å². The molecular formula is C27H43NO3. The monoisotopic (exact) mass is 429 g/mol. The summed E-state index contributed by atoms with van der Waals surface area (Å²) >= 11 is 0. The molecule has 4 heteroatoms. The Labute approximate surface area is 188 Å². The maximum atomic E-state index is 12.2. The Balaban J connectivity index is 1.31. The van der Waals surface area contributed by atoms with Gasteiger partial charge in [0, 0.05) is 32.0 Å². The third-order valence-corrected chi connectivity index (χ3v) is 11.9. The Kier molecular flexibility index (Phi) is 4.78. The van der Waals surface area contributed by atoms with Crippen LogP contribution >= 0.6 is 0 Å². The highest BCUT2D eigenvalue weighted by atomic mass is 16.3. The molecule has 4 saturated carbocycles. The van der Waals surface area contributed by atoms with E-state index in [1.807, 2.05) is 0 Å². The van der Waals surface area contributed by atoms with Crippen molar-refractivity contribution in [2.24, 2.45) is 52.8 Å². The van der Waals surface area contributed by atoms with Gasteiger partial charge in [-0.15, -0.1) is 0 Å². The first kappa shape index (κ1) is 21.1. The maximum Gasteiger partial charge on any atom is 0.133 e. The average Bonchev–Trinajstić information content (AvgIpc) is 3.09. The van der Waals surface area contributed by atoms with E-state index in [-0.39, 0.29) is 17.4 Å². The zero-order valence-corrected chi connectivity index (χ0v) is 19.8. The Morgan fingerprint density at radius 2 is 1.71 bits per heavy atom. The number of piperidine rings is 2. The summed E-state index contributed by atoms with van der Waals surface area (Å²) in [6.07, 6.45) is 8.98. The number of nitrogens with zero attached hydrogens (tertiary/aromatic N) is 1. The molecular weight excluding hydrogens is 386 g/mol. The molecule has 0 spiro atoms. The first-order valence-electron chi connectivity index (χ1n) is 13.4. The molecule has 0 aromatic carbocycles. The molecule has 2 heterocycles. The quantitative estimate of drug-likeness (QED) is 0.613. The van der Waals surface area contributed by atoms with Gasteiger partial charge in [-0.2, -0.15) is 0 Å². The maximum absolute atomic E-state index is 12.2. The van der Waals surface area contributed by atoms with Crippen LogP contribution in [-0.2, 0) is 4.79 Å². The standard InChI is InChI=1S/C27H43NO3/c1-15-4-7-25-27(3,31)21-6-5-17-18(20(21)14-28(25)13-15)11-22-19(17)12-24(30)23-10-16(29)8-9-26(22,23)2/h15,17-25,30-31H,4-14H2,1-3H3. The highest BCUT2D eigenvalue weighted by Gasteiger charge is 2.64. The summed E-state index contributed by atoms with van der Waals surface area (Å²) in [4.78, 5) is 14.9. The van der Waals surface area contributed by atoms with Crippen molar-refractivity contribution in [3.63, 3.8) is 0 Å². The molecule has 6 rings (SSSR count). The van der Waals surface area contributed by atoms with Crippen molar-refractivity contribution in [1.82, 2.24) is 4.90 Å². The SMILES string of the molecule is CC1CCC2N(C1)CC1C3CC4C(CC(O)C5CC(=O)CCC54C)C3CCC1C2(C)O. The van der Waals surface area contributed by atoms with E-state index in [2.05, 4.69) is 25.7 Å². The summed E-state index contributed by atoms with van der Waals surface area (Å²) < 4.78 is 0. The minimum Gasteiger partial charge on any atom is -0.393 e. The van der Waals surface area contributed by atoms with Crippen LogP contribution in [0.3, 0.4) is 0 Å². The van der Waals surface area contributed by atoms with Gasteiger partial charge in [-0.05, 0) is 105 Å². The van der Waals surface area contributed by atoms with E-state index in [1.54, 1.807) is 0 Å². The van der Waals surface area contributed by atoms with Crippen molar-refractivity contribution in [2.45, 2.75) is 96.3 Å². The number of carbonyl (C=O) groups excluding carboxylic acids is 1. The largest absolute Gasteiger partial charge is 0.393 e. The van der Waals surface area contributed by atoms with Gasteiger partial charge in [0.15, 0.2) is 0 Å². The Morgan fingerprint density at radius 3 is 2.52 bits per heavy atom. The van der Waals surface area contributed by atoms with E-state index in [1.165, 1.54) is 25.8 Å². The third kappa shape index (κ3) is 2.93. The minimum absolute atomic E-state index is 0.127. The third-order valence-electron chi connectivity index (χ3n) is 11.9. The lowest BCUT2D eigenvalue weighted by Gasteiger charge is -2.59. The molecule has 4 aliphatic carbocycles. The molecule has 12 atom stereocenters. The lowest BCUT2D eigenvalue weighted by Crippen LogP contribution is -2.67. The average molecular weight is 430 g/mol. The number of aliphatic hydroxyl groups excluding tert-OH is 1. The number of ketones is 1. The molecule has 0 aromatic heterocycles. The fourth-order valence-electron chi connectivity index (χ4n) is 10.4. The van der Waals surface area contributed by atoms with Gasteiger partial charge in [0.25, 0.3) is 0 Å². The molecule has 2 aliphatic heterocycles. The highest BCUT2D eigenvalue weighted by molar-refractivity contribution is 5.79. The topological polar surface area (TPSA) is 60.8 Å². The van der Waals surface area contributed by atoms with Crippen LogP contribution in [0.5, 0.6) is 0 Å². The van der Waals surface area contributed by atoms with Gasteiger partial charge in [0.05, 0.1) is 11.7 Å². The summed E-state index contributed by atoms with van der Waals surface area (Å²) in [7, 11) is 0. The molecule has 0 bridgehead atoms. The van der Waals surface area contributed by atoms with E-state index in [0.717, 1.165) is 38.1 Å². The first-order valence-corrected chi connectivity index (χ1v) is 13.4. The van der Waals surface area contributed by atoms with E-state index >= 15 is 0 Å². The van der Waals surface area contributed by atoms with Crippen LogP contribution in [0.15, 0.2) is 0 Å². The van der Waals surface area contributed by atoms with Crippen LogP contribution in [0.2, 0.25) is 0 Å². The Morgan fingerprint density at radius 1 is 0.903 bits per heavy atom. The Hall–Kier alpha value is -0.450. The molecule has 0 amide bonds. The van der Waals surface area contributed by atoms with E-state index in [4.69, 9.17) is 0 Å². The summed E-state index contributed by atoms with van der Waals surface area (Å²) in [6, 6.07) is 0.346. The lowest BCUT2D eigenvalue weighted by atomic mass is 9.51. The minimum atomic E-state index is -0.564. The van der Waals surface area contributed by atoms with Crippen molar-refractivity contribution in [3.05, 3.63) is 0 Å². The number of Topliss-reactive ketones (excluding diaryl/α,β-unsaturated/α-hetero) is 1. The van der Waals surface area contributed by atoms with Crippen LogP contribution < -0.4 is 0 Å². The number of fused-ring (bicyclic) bond motifs is 8. The summed E-state index contributed by atoms with van der Waals surface area (Å²) in [5, 5.41) is 22.9. The highest BCUT2D eigenvalue weighted by Crippen LogP contribution is 2.67. The second-order valence-electron chi connectivity index (χ2n) is 13.2. The van der Waals surface area contributed by atoms with E-state index < -0.39 is 5.60 Å². The van der Waals surface area contributed by atoms with Crippen LogP contribution in [0, 0.1) is 52.8 Å². The van der Waals surface area contributed by atoms with Gasteiger partial charge in [-0.1, -0.05) is 13.8 Å². The molecule has 12 unspecified atom stereocenters. The van der Waals surface area contributed by atoms with Crippen LogP contribution in [0.25, 0.3) is 0 Å². The number of rotatable bonds is 0. The number of aliphatic hydroxyl groups is 2. The smallest absolute Gasteiger partial charge is 0.133 e. The summed E-state index contributed by atoms with van der Waals surface area (Å²) in [5.74, 6) is 5.00. The predicted molar refractivity (Wildman–Crippen MR) is 120 cm³/mol. The van der Waals surface area contributed by atoms with Gasteiger partial charge < -0.3 is 10.2 Å².